The van der Waals surface area contributed by atoms with Crippen molar-refractivity contribution in [2.75, 3.05) is 11.2 Å². The summed E-state index contributed by atoms with van der Waals surface area (Å²) in [7, 11) is -3.33. The zero-order chi connectivity index (χ0) is 11.5. The topological polar surface area (TPSA) is 66.4 Å². The Hall–Kier alpha value is 0.0500. The monoisotopic (exact) mass is 313 g/mol. The second kappa shape index (κ2) is 4.92. The van der Waals surface area contributed by atoms with Gasteiger partial charge in [-0.15, -0.1) is 11.3 Å². The molecule has 0 aliphatic rings. The van der Waals surface area contributed by atoms with E-state index in [0.29, 0.717) is 0 Å². The first-order valence-electron chi connectivity index (χ1n) is 4.17. The molecule has 1 aromatic rings. The first kappa shape index (κ1) is 13.1. The van der Waals surface area contributed by atoms with Gasteiger partial charge in [-0.3, -0.25) is 0 Å². The van der Waals surface area contributed by atoms with Crippen molar-refractivity contribution in [3.63, 3.8) is 0 Å². The highest BCUT2D eigenvalue weighted by molar-refractivity contribution is 9.10. The predicted octanol–water partition coefficient (Wildman–Crippen LogP) is 1.23. The fraction of sp³-hybridized carbons (Fsp3) is 0.500. The fourth-order valence-electron chi connectivity index (χ4n) is 0.961. The third-order valence-electron chi connectivity index (χ3n) is 1.83. The number of thiophene rings is 1. The number of halogens is 1. The zero-order valence-corrected chi connectivity index (χ0v) is 11.3. The van der Waals surface area contributed by atoms with Gasteiger partial charge in [0.15, 0.2) is 0 Å². The van der Waals surface area contributed by atoms with Crippen LogP contribution in [0.5, 0.6) is 0 Å². The molecule has 1 unspecified atom stereocenters. The number of rotatable bonds is 5. The van der Waals surface area contributed by atoms with Gasteiger partial charge in [0, 0.05) is 11.4 Å². The van der Waals surface area contributed by atoms with Crippen molar-refractivity contribution in [1.82, 2.24) is 4.72 Å². The maximum Gasteiger partial charge on any atom is 0.221 e. The standard InChI is InChI=1S/C8H12BrNO3S2/c1-8(11,7-3-2-4-14-7)5-10-15(12,13)6-9/h2-4,10-11H,5-6H2,1H3. The molecule has 1 rings (SSSR count). The first-order valence-corrected chi connectivity index (χ1v) is 7.82. The normalized spacial score (nSPS) is 16.2. The van der Waals surface area contributed by atoms with Gasteiger partial charge in [0.1, 0.15) is 10.3 Å². The van der Waals surface area contributed by atoms with E-state index in [-0.39, 0.29) is 11.2 Å². The number of alkyl halides is 1. The molecule has 15 heavy (non-hydrogen) atoms. The second-order valence-electron chi connectivity index (χ2n) is 3.30. The van der Waals surface area contributed by atoms with Gasteiger partial charge in [0.2, 0.25) is 10.0 Å². The van der Waals surface area contributed by atoms with Crippen molar-refractivity contribution in [3.8, 4) is 0 Å². The van der Waals surface area contributed by atoms with Gasteiger partial charge in [0.25, 0.3) is 0 Å². The molecule has 86 valence electrons. The van der Waals surface area contributed by atoms with Crippen LogP contribution in [0.25, 0.3) is 0 Å². The van der Waals surface area contributed by atoms with Crippen molar-refractivity contribution in [1.29, 1.82) is 0 Å². The highest BCUT2D eigenvalue weighted by Gasteiger charge is 2.25. The molecular weight excluding hydrogens is 302 g/mol. The van der Waals surface area contributed by atoms with Crippen molar-refractivity contribution in [2.45, 2.75) is 12.5 Å². The van der Waals surface area contributed by atoms with Crippen LogP contribution in [0.15, 0.2) is 17.5 Å². The summed E-state index contributed by atoms with van der Waals surface area (Å²) in [6.07, 6.45) is 0. The van der Waals surface area contributed by atoms with Crippen LogP contribution in [-0.4, -0.2) is 24.7 Å². The molecule has 2 N–H and O–H groups in total. The third-order valence-corrected chi connectivity index (χ3v) is 5.63. The Morgan fingerprint density at radius 3 is 2.80 bits per heavy atom. The van der Waals surface area contributed by atoms with E-state index in [2.05, 4.69) is 20.7 Å². The van der Waals surface area contributed by atoms with E-state index in [1.165, 1.54) is 11.3 Å². The van der Waals surface area contributed by atoms with Crippen molar-refractivity contribution in [2.24, 2.45) is 0 Å². The van der Waals surface area contributed by atoms with E-state index in [1.54, 1.807) is 13.0 Å². The molecule has 1 atom stereocenters. The summed E-state index contributed by atoms with van der Waals surface area (Å²) in [5.41, 5.74) is -1.16. The lowest BCUT2D eigenvalue weighted by atomic mass is 10.1. The molecule has 0 aliphatic carbocycles. The molecule has 0 radical (unpaired) electrons. The summed E-state index contributed by atoms with van der Waals surface area (Å²) in [6.45, 7) is 1.55. The van der Waals surface area contributed by atoms with Crippen LogP contribution in [0.3, 0.4) is 0 Å². The average molecular weight is 314 g/mol. The molecule has 0 saturated carbocycles. The molecule has 0 saturated heterocycles. The molecule has 1 heterocycles. The molecule has 0 spiro atoms. The number of sulfonamides is 1. The molecule has 0 aliphatic heterocycles. The highest BCUT2D eigenvalue weighted by Crippen LogP contribution is 2.24. The molecule has 7 heteroatoms. The number of hydrogen-bond donors (Lipinski definition) is 2. The van der Waals surface area contributed by atoms with Crippen LogP contribution < -0.4 is 4.72 Å². The number of hydrogen-bond acceptors (Lipinski definition) is 4. The van der Waals surface area contributed by atoms with E-state index < -0.39 is 15.6 Å². The second-order valence-corrected chi connectivity index (χ2v) is 7.35. The molecule has 4 nitrogen and oxygen atoms in total. The molecule has 0 fully saturated rings. The molecule has 0 bridgehead atoms. The van der Waals surface area contributed by atoms with Gasteiger partial charge < -0.3 is 5.11 Å². The van der Waals surface area contributed by atoms with Crippen LogP contribution >= 0.6 is 27.3 Å². The summed E-state index contributed by atoms with van der Waals surface area (Å²) in [5, 5.41) is 11.8. The predicted molar refractivity (Wildman–Crippen MR) is 64.6 cm³/mol. The van der Waals surface area contributed by atoms with Crippen LogP contribution in [0, 0.1) is 0 Å². The SMILES string of the molecule is CC(O)(CNS(=O)(=O)CBr)c1cccs1. The van der Waals surface area contributed by atoms with Crippen molar-refractivity contribution in [3.05, 3.63) is 22.4 Å². The van der Waals surface area contributed by atoms with Crippen LogP contribution in [0.4, 0.5) is 0 Å². The van der Waals surface area contributed by atoms with E-state index in [4.69, 9.17) is 0 Å². The maximum absolute atomic E-state index is 11.1. The Labute approximate surface area is 102 Å². The Morgan fingerprint density at radius 1 is 1.67 bits per heavy atom. The summed E-state index contributed by atoms with van der Waals surface area (Å²) in [4.78, 5) is 0.736. The van der Waals surface area contributed by atoms with Gasteiger partial charge >= 0.3 is 0 Å². The van der Waals surface area contributed by atoms with Gasteiger partial charge in [-0.2, -0.15) is 0 Å². The Bertz CT molecular complexity index is 400. The molecule has 0 aromatic carbocycles. The Kier molecular flexibility index (Phi) is 4.30. The highest BCUT2D eigenvalue weighted by atomic mass is 79.9. The third kappa shape index (κ3) is 3.84. The summed E-state index contributed by atoms with van der Waals surface area (Å²) in [6, 6.07) is 3.58. The van der Waals surface area contributed by atoms with Crippen LogP contribution in [0.2, 0.25) is 0 Å². The summed E-state index contributed by atoms with van der Waals surface area (Å²) < 4.78 is 24.5. The van der Waals surface area contributed by atoms with Crippen molar-refractivity contribution < 1.29 is 13.5 Å². The van der Waals surface area contributed by atoms with E-state index in [1.807, 2.05) is 11.4 Å². The molecule has 0 amide bonds. The number of nitrogens with one attached hydrogen (secondary N) is 1. The van der Waals surface area contributed by atoms with Crippen molar-refractivity contribution >= 4 is 37.3 Å². The lowest BCUT2D eigenvalue weighted by molar-refractivity contribution is 0.0666. The molecule has 1 aromatic heterocycles. The van der Waals surface area contributed by atoms with E-state index in [0.717, 1.165) is 4.88 Å². The Balaban J connectivity index is 2.66. The Morgan fingerprint density at radius 2 is 2.33 bits per heavy atom. The quantitative estimate of drug-likeness (QED) is 0.803. The lowest BCUT2D eigenvalue weighted by Crippen LogP contribution is -2.38. The first-order chi connectivity index (χ1) is 6.87. The smallest absolute Gasteiger partial charge is 0.221 e. The van der Waals surface area contributed by atoms with Gasteiger partial charge in [-0.05, 0) is 18.4 Å². The van der Waals surface area contributed by atoms with Gasteiger partial charge in [-0.1, -0.05) is 22.0 Å². The summed E-state index contributed by atoms with van der Waals surface area (Å²) in [5.74, 6) is 0. The average Bonchev–Trinajstić information content (AvgIpc) is 2.69. The minimum absolute atomic E-state index is 0.0263. The minimum Gasteiger partial charge on any atom is -0.383 e. The van der Waals surface area contributed by atoms with Crippen LogP contribution in [-0.2, 0) is 15.6 Å². The number of aliphatic hydroxyl groups is 1. The summed E-state index contributed by atoms with van der Waals surface area (Å²) >= 11 is 4.25. The largest absolute Gasteiger partial charge is 0.383 e. The minimum atomic E-state index is -3.33. The van der Waals surface area contributed by atoms with Crippen LogP contribution in [0.1, 0.15) is 11.8 Å². The van der Waals surface area contributed by atoms with E-state index in [9.17, 15) is 13.5 Å². The maximum atomic E-state index is 11.1. The lowest BCUT2D eigenvalue weighted by Gasteiger charge is -2.21. The fourth-order valence-corrected chi connectivity index (χ4v) is 2.81. The molecular formula is C8H12BrNO3S2. The van der Waals surface area contributed by atoms with Gasteiger partial charge in [-0.25, -0.2) is 13.1 Å². The van der Waals surface area contributed by atoms with Gasteiger partial charge in [0.05, 0.1) is 0 Å². The zero-order valence-electron chi connectivity index (χ0n) is 8.10. The van der Waals surface area contributed by atoms with E-state index >= 15 is 0 Å².